The molecule has 1 aromatic carbocycles. The number of carbonyl (C=O) groups excluding carboxylic acids is 1. The summed E-state index contributed by atoms with van der Waals surface area (Å²) in [4.78, 5) is 33.5. The zero-order valence-electron chi connectivity index (χ0n) is 14.8. The second kappa shape index (κ2) is 6.88. The number of anilines is 1. The fourth-order valence-corrected chi connectivity index (χ4v) is 2.60. The number of nitrogens with one attached hydrogen (secondary N) is 1. The molecule has 1 amide bonds. The van der Waals surface area contributed by atoms with Gasteiger partial charge in [-0.25, -0.2) is 9.97 Å². The van der Waals surface area contributed by atoms with Gasteiger partial charge in [0.2, 0.25) is 5.91 Å². The van der Waals surface area contributed by atoms with Crippen LogP contribution in [0.25, 0.3) is 16.7 Å². The minimum absolute atomic E-state index is 0.160. The Balaban J connectivity index is 1.96. The third kappa shape index (κ3) is 3.32. The zero-order chi connectivity index (χ0) is 18.9. The average Bonchev–Trinajstić information content (AvgIpc) is 2.63. The van der Waals surface area contributed by atoms with E-state index in [1.54, 1.807) is 63.4 Å². The molecule has 0 aliphatic heterocycles. The van der Waals surface area contributed by atoms with Crippen LogP contribution in [0, 0.1) is 12.3 Å². The number of nitrogens with zero attached hydrogens (tertiary/aromatic N) is 3. The van der Waals surface area contributed by atoms with Gasteiger partial charge in [0.25, 0.3) is 5.56 Å². The summed E-state index contributed by atoms with van der Waals surface area (Å²) < 4.78 is 1.53. The number of fused-ring (bicyclic) bond motifs is 1. The quantitative estimate of drug-likeness (QED) is 0.715. The normalized spacial score (nSPS) is 11.5. The molecule has 0 bridgehead atoms. The summed E-state index contributed by atoms with van der Waals surface area (Å²) in [6, 6.07) is 10.4. The SMILES string of the molecule is Cc1nc2ncccc2c(=O)n1-c1ccc(NC(=O)C(C)(C)CCl)cc1. The molecule has 0 aliphatic rings. The van der Waals surface area contributed by atoms with E-state index >= 15 is 0 Å². The Morgan fingerprint density at radius 3 is 2.58 bits per heavy atom. The number of pyridine rings is 1. The van der Waals surface area contributed by atoms with Gasteiger partial charge in [-0.05, 0) is 57.2 Å². The van der Waals surface area contributed by atoms with Crippen molar-refractivity contribution >= 4 is 34.2 Å². The summed E-state index contributed by atoms with van der Waals surface area (Å²) in [5.74, 6) is 0.607. The Bertz CT molecular complexity index is 1030. The molecule has 0 spiro atoms. The highest BCUT2D eigenvalue weighted by molar-refractivity contribution is 6.20. The van der Waals surface area contributed by atoms with Crippen molar-refractivity contribution in [1.82, 2.24) is 14.5 Å². The van der Waals surface area contributed by atoms with Crippen molar-refractivity contribution in [2.75, 3.05) is 11.2 Å². The van der Waals surface area contributed by atoms with Gasteiger partial charge in [0.05, 0.1) is 16.5 Å². The number of amides is 1. The van der Waals surface area contributed by atoms with Crippen molar-refractivity contribution in [3.8, 4) is 5.69 Å². The predicted octanol–water partition coefficient (Wildman–Crippen LogP) is 3.29. The highest BCUT2D eigenvalue weighted by Crippen LogP contribution is 2.21. The molecular weight excluding hydrogens is 352 g/mol. The number of halogens is 1. The molecule has 2 aromatic heterocycles. The van der Waals surface area contributed by atoms with Crippen LogP contribution in [0.1, 0.15) is 19.7 Å². The molecule has 0 atom stereocenters. The second-order valence-corrected chi connectivity index (χ2v) is 6.96. The van der Waals surface area contributed by atoms with Crippen LogP contribution < -0.4 is 10.9 Å². The minimum atomic E-state index is -0.664. The maximum absolute atomic E-state index is 12.8. The van der Waals surface area contributed by atoms with Crippen LogP contribution in [-0.4, -0.2) is 26.3 Å². The van der Waals surface area contributed by atoms with Gasteiger partial charge < -0.3 is 5.32 Å². The van der Waals surface area contributed by atoms with Crippen LogP contribution in [-0.2, 0) is 4.79 Å². The van der Waals surface area contributed by atoms with Crippen LogP contribution in [0.5, 0.6) is 0 Å². The van der Waals surface area contributed by atoms with E-state index in [-0.39, 0.29) is 17.3 Å². The topological polar surface area (TPSA) is 76.9 Å². The van der Waals surface area contributed by atoms with Crippen molar-refractivity contribution in [3.63, 3.8) is 0 Å². The van der Waals surface area contributed by atoms with Gasteiger partial charge in [0, 0.05) is 17.8 Å². The molecule has 0 fully saturated rings. The lowest BCUT2D eigenvalue weighted by atomic mass is 9.95. The lowest BCUT2D eigenvalue weighted by molar-refractivity contribution is -0.122. The number of aromatic nitrogens is 3. The molecule has 0 radical (unpaired) electrons. The molecular formula is C19H19ClN4O2. The van der Waals surface area contributed by atoms with E-state index in [1.807, 2.05) is 0 Å². The fourth-order valence-electron chi connectivity index (χ4n) is 2.48. The molecule has 1 N–H and O–H groups in total. The van der Waals surface area contributed by atoms with Gasteiger partial charge in [-0.2, -0.15) is 0 Å². The monoisotopic (exact) mass is 370 g/mol. The molecule has 26 heavy (non-hydrogen) atoms. The number of hydrogen-bond donors (Lipinski definition) is 1. The maximum atomic E-state index is 12.8. The molecule has 7 heteroatoms. The van der Waals surface area contributed by atoms with E-state index in [0.29, 0.717) is 28.2 Å². The number of rotatable bonds is 4. The third-order valence-corrected chi connectivity index (χ3v) is 4.81. The van der Waals surface area contributed by atoms with Crippen molar-refractivity contribution in [3.05, 3.63) is 58.8 Å². The van der Waals surface area contributed by atoms with Crippen molar-refractivity contribution in [2.45, 2.75) is 20.8 Å². The van der Waals surface area contributed by atoms with E-state index in [4.69, 9.17) is 11.6 Å². The zero-order valence-corrected chi connectivity index (χ0v) is 15.5. The molecule has 2 heterocycles. The summed E-state index contributed by atoms with van der Waals surface area (Å²) >= 11 is 5.83. The van der Waals surface area contributed by atoms with Crippen LogP contribution in [0.4, 0.5) is 5.69 Å². The van der Waals surface area contributed by atoms with Gasteiger partial charge in [0.15, 0.2) is 5.65 Å². The Kier molecular flexibility index (Phi) is 4.78. The van der Waals surface area contributed by atoms with E-state index in [1.165, 1.54) is 4.57 Å². The fraction of sp³-hybridized carbons (Fsp3) is 0.263. The molecule has 6 nitrogen and oxygen atoms in total. The van der Waals surface area contributed by atoms with Crippen LogP contribution >= 0.6 is 11.6 Å². The van der Waals surface area contributed by atoms with Crippen LogP contribution in [0.2, 0.25) is 0 Å². The Hall–Kier alpha value is -2.73. The molecule has 134 valence electrons. The number of hydrogen-bond acceptors (Lipinski definition) is 4. The Morgan fingerprint density at radius 2 is 1.92 bits per heavy atom. The van der Waals surface area contributed by atoms with Crippen molar-refractivity contribution in [1.29, 1.82) is 0 Å². The average molecular weight is 371 g/mol. The highest BCUT2D eigenvalue weighted by atomic mass is 35.5. The van der Waals surface area contributed by atoms with Gasteiger partial charge >= 0.3 is 0 Å². The smallest absolute Gasteiger partial charge is 0.267 e. The Labute approximate surface area is 155 Å². The van der Waals surface area contributed by atoms with Crippen molar-refractivity contribution in [2.24, 2.45) is 5.41 Å². The summed E-state index contributed by atoms with van der Waals surface area (Å²) in [7, 11) is 0. The van der Waals surface area contributed by atoms with E-state index in [2.05, 4.69) is 15.3 Å². The molecule has 3 rings (SSSR count). The van der Waals surface area contributed by atoms with Gasteiger partial charge in [-0.1, -0.05) is 0 Å². The van der Waals surface area contributed by atoms with Gasteiger partial charge in [0.1, 0.15) is 5.82 Å². The Morgan fingerprint density at radius 1 is 1.23 bits per heavy atom. The molecule has 0 saturated carbocycles. The van der Waals surface area contributed by atoms with Crippen LogP contribution in [0.3, 0.4) is 0 Å². The minimum Gasteiger partial charge on any atom is -0.326 e. The van der Waals surface area contributed by atoms with Crippen LogP contribution in [0.15, 0.2) is 47.4 Å². The number of carbonyl (C=O) groups is 1. The number of aryl methyl sites for hydroxylation is 1. The molecule has 0 unspecified atom stereocenters. The highest BCUT2D eigenvalue weighted by Gasteiger charge is 2.26. The summed E-state index contributed by atoms with van der Waals surface area (Å²) in [6.07, 6.45) is 1.61. The lowest BCUT2D eigenvalue weighted by Gasteiger charge is -2.20. The first-order valence-corrected chi connectivity index (χ1v) is 8.69. The number of alkyl halides is 1. The summed E-state index contributed by atoms with van der Waals surface area (Å²) in [5.41, 5.74) is 0.890. The summed E-state index contributed by atoms with van der Waals surface area (Å²) in [6.45, 7) is 5.32. The standard InChI is InChI=1S/C19H19ClN4O2/c1-12-22-16-15(5-4-10-21-16)17(25)24(12)14-8-6-13(7-9-14)23-18(26)19(2,3)11-20/h4-10H,11H2,1-3H3,(H,23,26). The first-order chi connectivity index (χ1) is 12.3. The summed E-state index contributed by atoms with van der Waals surface area (Å²) in [5, 5.41) is 3.29. The van der Waals surface area contributed by atoms with E-state index in [9.17, 15) is 9.59 Å². The first kappa shape index (κ1) is 18.1. The molecule has 0 saturated heterocycles. The largest absolute Gasteiger partial charge is 0.326 e. The predicted molar refractivity (Wildman–Crippen MR) is 103 cm³/mol. The lowest BCUT2D eigenvalue weighted by Crippen LogP contribution is -2.32. The van der Waals surface area contributed by atoms with E-state index in [0.717, 1.165) is 0 Å². The second-order valence-electron chi connectivity index (χ2n) is 6.69. The maximum Gasteiger partial charge on any atom is 0.267 e. The van der Waals surface area contributed by atoms with Gasteiger partial charge in [-0.3, -0.25) is 14.2 Å². The van der Waals surface area contributed by atoms with Gasteiger partial charge in [-0.15, -0.1) is 11.6 Å². The van der Waals surface area contributed by atoms with Crippen molar-refractivity contribution < 1.29 is 4.79 Å². The molecule has 0 aliphatic carbocycles. The number of benzene rings is 1. The third-order valence-electron chi connectivity index (χ3n) is 4.14. The molecule has 3 aromatic rings. The van der Waals surface area contributed by atoms with E-state index < -0.39 is 5.41 Å². The first-order valence-electron chi connectivity index (χ1n) is 8.16.